The molecular weight excluding hydrogens is 354 g/mol. The molecule has 5 nitrogen and oxygen atoms in total. The molecule has 1 aliphatic rings. The van der Waals surface area contributed by atoms with Crippen LogP contribution in [0.4, 0.5) is 0 Å². The monoisotopic (exact) mass is 375 g/mol. The van der Waals surface area contributed by atoms with Crippen molar-refractivity contribution in [1.82, 2.24) is 0 Å². The predicted molar refractivity (Wildman–Crippen MR) is 107 cm³/mol. The number of carbonyl (C=O) groups is 1. The van der Waals surface area contributed by atoms with E-state index in [1.807, 2.05) is 60.7 Å². The van der Waals surface area contributed by atoms with Gasteiger partial charge in [-0.25, -0.2) is 0 Å². The number of fused-ring (bicyclic) bond motifs is 3. The van der Waals surface area contributed by atoms with E-state index in [0.29, 0.717) is 0 Å². The third-order valence-corrected chi connectivity index (χ3v) is 4.90. The Balaban J connectivity index is 1.91. The van der Waals surface area contributed by atoms with Crippen molar-refractivity contribution in [2.75, 3.05) is 14.2 Å². The number of rotatable bonds is 5. The van der Waals surface area contributed by atoms with E-state index in [0.717, 1.165) is 45.1 Å². The lowest BCUT2D eigenvalue weighted by molar-refractivity contribution is -0.117. The van der Waals surface area contributed by atoms with Gasteiger partial charge in [0.15, 0.2) is 0 Å². The average molecular weight is 375 g/mol. The van der Waals surface area contributed by atoms with Gasteiger partial charge in [0.25, 0.3) is 0 Å². The first kappa shape index (κ1) is 17.9. The molecule has 0 saturated heterocycles. The molecule has 0 bridgehead atoms. The first-order chi connectivity index (χ1) is 13.6. The summed E-state index contributed by atoms with van der Waals surface area (Å²) in [6, 6.07) is 19.5. The maximum atomic E-state index is 11.4. The van der Waals surface area contributed by atoms with E-state index in [1.165, 1.54) is 0 Å². The first-order valence-electron chi connectivity index (χ1n) is 9.00. The van der Waals surface area contributed by atoms with E-state index >= 15 is 0 Å². The zero-order valence-electron chi connectivity index (χ0n) is 15.8. The van der Waals surface area contributed by atoms with Crippen LogP contribution in [-0.2, 0) is 11.2 Å². The van der Waals surface area contributed by atoms with Crippen LogP contribution in [0, 0.1) is 0 Å². The van der Waals surface area contributed by atoms with E-state index in [1.54, 1.807) is 14.2 Å². The Bertz CT molecular complexity index is 1040. The Morgan fingerprint density at radius 1 is 1.04 bits per heavy atom. The molecule has 142 valence electrons. The van der Waals surface area contributed by atoms with Gasteiger partial charge >= 0.3 is 0 Å². The van der Waals surface area contributed by atoms with Gasteiger partial charge in [0.2, 0.25) is 5.91 Å². The summed E-state index contributed by atoms with van der Waals surface area (Å²) in [6.45, 7) is 0. The first-order valence-corrected chi connectivity index (χ1v) is 9.00. The highest BCUT2D eigenvalue weighted by Gasteiger charge is 2.30. The molecule has 0 aromatic heterocycles. The van der Waals surface area contributed by atoms with Gasteiger partial charge in [0.1, 0.15) is 23.4 Å². The second-order valence-corrected chi connectivity index (χ2v) is 6.67. The lowest BCUT2D eigenvalue weighted by atomic mass is 9.87. The molecule has 1 unspecified atom stereocenters. The number of ether oxygens (including phenoxy) is 3. The highest BCUT2D eigenvalue weighted by molar-refractivity contribution is 5.83. The summed E-state index contributed by atoms with van der Waals surface area (Å²) in [7, 11) is 3.28. The van der Waals surface area contributed by atoms with Crippen molar-refractivity contribution in [1.29, 1.82) is 0 Å². The second kappa shape index (κ2) is 7.27. The Labute approximate surface area is 163 Å². The van der Waals surface area contributed by atoms with Crippen LogP contribution >= 0.6 is 0 Å². The highest BCUT2D eigenvalue weighted by Crippen LogP contribution is 2.49. The van der Waals surface area contributed by atoms with Gasteiger partial charge in [-0.3, -0.25) is 4.79 Å². The van der Waals surface area contributed by atoms with Crippen molar-refractivity contribution < 1.29 is 19.0 Å². The molecule has 0 aliphatic carbocycles. The molecule has 0 spiro atoms. The van der Waals surface area contributed by atoms with Crippen molar-refractivity contribution >= 4 is 5.91 Å². The third-order valence-electron chi connectivity index (χ3n) is 4.90. The van der Waals surface area contributed by atoms with Gasteiger partial charge in [0.05, 0.1) is 26.2 Å². The molecule has 4 rings (SSSR count). The Morgan fingerprint density at radius 2 is 1.86 bits per heavy atom. The smallest absolute Gasteiger partial charge is 0.221 e. The molecule has 0 saturated carbocycles. The SMILES string of the molecule is COc1cccc(C2Oc3cccc(OC)c3-c3ccc(CC(N)=O)cc32)c1. The van der Waals surface area contributed by atoms with E-state index in [9.17, 15) is 4.79 Å². The quantitative estimate of drug-likeness (QED) is 0.735. The lowest BCUT2D eigenvalue weighted by Gasteiger charge is -2.30. The highest BCUT2D eigenvalue weighted by atomic mass is 16.5. The van der Waals surface area contributed by atoms with E-state index < -0.39 is 0 Å². The topological polar surface area (TPSA) is 70.8 Å². The zero-order chi connectivity index (χ0) is 19.7. The molecule has 1 atom stereocenters. The molecule has 3 aromatic rings. The van der Waals surface area contributed by atoms with Crippen LogP contribution in [0.25, 0.3) is 11.1 Å². The van der Waals surface area contributed by atoms with E-state index in [4.69, 9.17) is 19.9 Å². The molecule has 1 heterocycles. The fraction of sp³-hybridized carbons (Fsp3) is 0.174. The Morgan fingerprint density at radius 3 is 2.61 bits per heavy atom. The van der Waals surface area contributed by atoms with Crippen LogP contribution in [0.2, 0.25) is 0 Å². The zero-order valence-corrected chi connectivity index (χ0v) is 15.8. The number of hydrogen-bond acceptors (Lipinski definition) is 4. The van der Waals surface area contributed by atoms with Crippen LogP contribution in [0.1, 0.15) is 22.8 Å². The Kier molecular flexibility index (Phi) is 4.65. The molecule has 28 heavy (non-hydrogen) atoms. The van der Waals surface area contributed by atoms with Crippen LogP contribution in [0.5, 0.6) is 17.2 Å². The number of amides is 1. The molecule has 2 N–H and O–H groups in total. The molecule has 3 aromatic carbocycles. The van der Waals surface area contributed by atoms with Crippen LogP contribution < -0.4 is 19.9 Å². The number of nitrogens with two attached hydrogens (primary N) is 1. The second-order valence-electron chi connectivity index (χ2n) is 6.67. The van der Waals surface area contributed by atoms with Crippen molar-refractivity contribution in [2.24, 2.45) is 5.73 Å². The minimum absolute atomic E-state index is 0.177. The van der Waals surface area contributed by atoms with Crippen molar-refractivity contribution in [3.63, 3.8) is 0 Å². The summed E-state index contributed by atoms with van der Waals surface area (Å²) in [5.74, 6) is 1.88. The van der Waals surface area contributed by atoms with E-state index in [2.05, 4.69) is 0 Å². The average Bonchev–Trinajstić information content (AvgIpc) is 2.72. The van der Waals surface area contributed by atoms with Crippen LogP contribution in [-0.4, -0.2) is 20.1 Å². The number of primary amides is 1. The standard InChI is InChI=1S/C23H21NO4/c1-26-16-6-3-5-15(13-16)23-18-11-14(12-21(24)25)9-10-17(18)22-19(27-2)7-4-8-20(22)28-23/h3-11,13,23H,12H2,1-2H3,(H2,24,25). The molecule has 0 fully saturated rings. The summed E-state index contributed by atoms with van der Waals surface area (Å²) in [5.41, 5.74) is 10.1. The van der Waals surface area contributed by atoms with Gasteiger partial charge < -0.3 is 19.9 Å². The fourth-order valence-electron chi connectivity index (χ4n) is 3.66. The minimum atomic E-state index is -0.368. The normalized spacial score (nSPS) is 14.4. The van der Waals surface area contributed by atoms with Crippen molar-refractivity contribution in [3.05, 3.63) is 77.4 Å². The maximum Gasteiger partial charge on any atom is 0.221 e. The van der Waals surface area contributed by atoms with Crippen LogP contribution in [0.3, 0.4) is 0 Å². The van der Waals surface area contributed by atoms with Gasteiger partial charge in [-0.15, -0.1) is 0 Å². The molecule has 5 heteroatoms. The Hall–Kier alpha value is -3.47. The number of methoxy groups -OCH3 is 2. The minimum Gasteiger partial charge on any atom is -0.497 e. The molecule has 0 radical (unpaired) electrons. The van der Waals surface area contributed by atoms with Gasteiger partial charge in [0, 0.05) is 11.1 Å². The fourth-order valence-corrected chi connectivity index (χ4v) is 3.66. The van der Waals surface area contributed by atoms with Crippen molar-refractivity contribution in [2.45, 2.75) is 12.5 Å². The number of benzene rings is 3. The summed E-state index contributed by atoms with van der Waals surface area (Å²) in [4.78, 5) is 11.4. The summed E-state index contributed by atoms with van der Waals surface area (Å²) >= 11 is 0. The molecule has 1 aliphatic heterocycles. The summed E-state index contributed by atoms with van der Waals surface area (Å²) < 4.78 is 17.3. The van der Waals surface area contributed by atoms with E-state index in [-0.39, 0.29) is 18.4 Å². The van der Waals surface area contributed by atoms with Crippen molar-refractivity contribution in [3.8, 4) is 28.4 Å². The van der Waals surface area contributed by atoms with Gasteiger partial charge in [-0.1, -0.05) is 36.4 Å². The van der Waals surface area contributed by atoms with Gasteiger partial charge in [-0.2, -0.15) is 0 Å². The molecule has 1 amide bonds. The maximum absolute atomic E-state index is 11.4. The lowest BCUT2D eigenvalue weighted by Crippen LogP contribution is -2.18. The van der Waals surface area contributed by atoms with Crippen LogP contribution in [0.15, 0.2) is 60.7 Å². The summed E-state index contributed by atoms with van der Waals surface area (Å²) in [5, 5.41) is 0. The predicted octanol–water partition coefficient (Wildman–Crippen LogP) is 3.88. The third kappa shape index (κ3) is 3.16. The summed E-state index contributed by atoms with van der Waals surface area (Å²) in [6.07, 6.45) is -0.158. The number of carbonyl (C=O) groups excluding carboxylic acids is 1. The molecular formula is C23H21NO4. The van der Waals surface area contributed by atoms with Gasteiger partial charge in [-0.05, 0) is 35.4 Å². The largest absolute Gasteiger partial charge is 0.497 e. The number of hydrogen-bond donors (Lipinski definition) is 1.